The lowest BCUT2D eigenvalue weighted by molar-refractivity contribution is 0.0516. The van der Waals surface area contributed by atoms with Crippen molar-refractivity contribution in [3.63, 3.8) is 0 Å². The van der Waals surface area contributed by atoms with Crippen LogP contribution in [0.3, 0.4) is 0 Å². The van der Waals surface area contributed by atoms with E-state index in [2.05, 4.69) is 5.10 Å². The zero-order valence-electron chi connectivity index (χ0n) is 9.29. The summed E-state index contributed by atoms with van der Waals surface area (Å²) in [7, 11) is 3.17. The number of nitrogens with two attached hydrogens (primary N) is 1. The molecule has 7 nitrogen and oxygen atoms in total. The highest BCUT2D eigenvalue weighted by atomic mass is 16.3. The molecule has 1 rings (SSSR count). The summed E-state index contributed by atoms with van der Waals surface area (Å²) in [4.78, 5) is 13.1. The Balaban J connectivity index is 2.74. The first-order valence-electron chi connectivity index (χ1n) is 4.79. The highest BCUT2D eigenvalue weighted by molar-refractivity contribution is 5.96. The van der Waals surface area contributed by atoms with Gasteiger partial charge >= 0.3 is 0 Å². The fraction of sp³-hybridized carbons (Fsp3) is 0.556. The van der Waals surface area contributed by atoms with Crippen molar-refractivity contribution in [2.45, 2.75) is 6.10 Å². The summed E-state index contributed by atoms with van der Waals surface area (Å²) in [5, 5.41) is 21.8. The summed E-state index contributed by atoms with van der Waals surface area (Å²) in [6.07, 6.45) is 0.572. The lowest BCUT2D eigenvalue weighted by Gasteiger charge is -2.18. The molecule has 1 heterocycles. The molecule has 90 valence electrons. The van der Waals surface area contributed by atoms with Crippen molar-refractivity contribution in [3.05, 3.63) is 11.9 Å². The number of aliphatic hydroxyl groups excluding tert-OH is 2. The molecule has 1 atom stereocenters. The number of hydrogen-bond donors (Lipinski definition) is 3. The highest BCUT2D eigenvalue weighted by Crippen LogP contribution is 2.10. The fourth-order valence-corrected chi connectivity index (χ4v) is 1.31. The Morgan fingerprint density at radius 1 is 1.75 bits per heavy atom. The van der Waals surface area contributed by atoms with Gasteiger partial charge in [-0.25, -0.2) is 0 Å². The van der Waals surface area contributed by atoms with Gasteiger partial charge < -0.3 is 20.8 Å². The monoisotopic (exact) mass is 228 g/mol. The van der Waals surface area contributed by atoms with E-state index in [-0.39, 0.29) is 23.8 Å². The number of aryl methyl sites for hydroxylation is 1. The first-order valence-corrected chi connectivity index (χ1v) is 4.79. The van der Waals surface area contributed by atoms with Crippen LogP contribution in [0.5, 0.6) is 0 Å². The molecule has 7 heteroatoms. The van der Waals surface area contributed by atoms with Crippen LogP contribution in [-0.2, 0) is 7.05 Å². The van der Waals surface area contributed by atoms with Crippen LogP contribution in [0.15, 0.2) is 6.20 Å². The quantitative estimate of drug-likeness (QED) is 0.577. The summed E-state index contributed by atoms with van der Waals surface area (Å²) < 4.78 is 1.44. The standard InChI is InChI=1S/C9H16N4O3/c1-12(3-6(15)5-14)9(16)8-7(10)4-13(2)11-8/h4,6,14-15H,3,5,10H2,1-2H3. The predicted molar refractivity (Wildman–Crippen MR) is 57.7 cm³/mol. The third-order valence-electron chi connectivity index (χ3n) is 2.10. The van der Waals surface area contributed by atoms with E-state index in [1.54, 1.807) is 7.05 Å². The SMILES string of the molecule is CN(CC(O)CO)C(=O)c1nn(C)cc1N. The van der Waals surface area contributed by atoms with E-state index in [1.165, 1.54) is 22.8 Å². The normalized spacial score (nSPS) is 12.5. The van der Waals surface area contributed by atoms with Gasteiger partial charge in [-0.1, -0.05) is 0 Å². The Hall–Kier alpha value is -1.60. The van der Waals surface area contributed by atoms with Crippen molar-refractivity contribution in [1.82, 2.24) is 14.7 Å². The van der Waals surface area contributed by atoms with E-state index in [9.17, 15) is 9.90 Å². The van der Waals surface area contributed by atoms with Gasteiger partial charge in [0.1, 0.15) is 0 Å². The van der Waals surface area contributed by atoms with Gasteiger partial charge in [0.05, 0.1) is 18.4 Å². The zero-order chi connectivity index (χ0) is 12.3. The number of carbonyl (C=O) groups is 1. The number of hydrogen-bond acceptors (Lipinski definition) is 5. The molecule has 0 aliphatic heterocycles. The third-order valence-corrected chi connectivity index (χ3v) is 2.10. The molecule has 1 aromatic heterocycles. The molecule has 0 saturated carbocycles. The maximum atomic E-state index is 11.8. The molecule has 0 aliphatic carbocycles. The van der Waals surface area contributed by atoms with E-state index in [0.29, 0.717) is 0 Å². The van der Waals surface area contributed by atoms with Gasteiger partial charge in [-0.2, -0.15) is 5.10 Å². The third kappa shape index (κ3) is 2.71. The van der Waals surface area contributed by atoms with Gasteiger partial charge in [0, 0.05) is 26.8 Å². The van der Waals surface area contributed by atoms with Crippen LogP contribution in [0.2, 0.25) is 0 Å². The molecule has 1 aromatic rings. The average Bonchev–Trinajstić information content (AvgIpc) is 2.56. The smallest absolute Gasteiger partial charge is 0.276 e. The van der Waals surface area contributed by atoms with Crippen molar-refractivity contribution in [3.8, 4) is 0 Å². The minimum absolute atomic E-state index is 0.0331. The van der Waals surface area contributed by atoms with Crippen molar-refractivity contribution in [2.75, 3.05) is 25.9 Å². The van der Waals surface area contributed by atoms with Gasteiger partial charge in [-0.3, -0.25) is 9.48 Å². The molecule has 0 fully saturated rings. The Morgan fingerprint density at radius 2 is 2.38 bits per heavy atom. The van der Waals surface area contributed by atoms with Crippen LogP contribution in [-0.4, -0.2) is 57.1 Å². The van der Waals surface area contributed by atoms with E-state index < -0.39 is 12.7 Å². The molecule has 0 aliphatic rings. The van der Waals surface area contributed by atoms with Gasteiger partial charge in [0.15, 0.2) is 5.69 Å². The van der Waals surface area contributed by atoms with Crippen molar-refractivity contribution < 1.29 is 15.0 Å². The molecule has 0 spiro atoms. The Morgan fingerprint density at radius 3 is 2.81 bits per heavy atom. The summed E-state index contributed by atoms with van der Waals surface area (Å²) in [6, 6.07) is 0. The van der Waals surface area contributed by atoms with Crippen LogP contribution < -0.4 is 5.73 Å². The van der Waals surface area contributed by atoms with Crippen LogP contribution in [0, 0.1) is 0 Å². The fourth-order valence-electron chi connectivity index (χ4n) is 1.31. The first kappa shape index (κ1) is 12.5. The molecule has 0 aromatic carbocycles. The van der Waals surface area contributed by atoms with E-state index >= 15 is 0 Å². The van der Waals surface area contributed by atoms with Gasteiger partial charge in [-0.05, 0) is 0 Å². The number of amides is 1. The van der Waals surface area contributed by atoms with E-state index in [4.69, 9.17) is 10.8 Å². The predicted octanol–water partition coefficient (Wildman–Crippen LogP) is -1.57. The number of nitrogen functional groups attached to an aromatic ring is 1. The molecule has 1 unspecified atom stereocenters. The number of aliphatic hydroxyl groups is 2. The largest absolute Gasteiger partial charge is 0.396 e. The maximum absolute atomic E-state index is 11.8. The topological polar surface area (TPSA) is 105 Å². The summed E-state index contributed by atoms with van der Waals surface area (Å²) in [5.41, 5.74) is 6.04. The maximum Gasteiger partial charge on any atom is 0.276 e. The second kappa shape index (κ2) is 4.95. The van der Waals surface area contributed by atoms with Crippen LogP contribution in [0.25, 0.3) is 0 Å². The number of rotatable bonds is 4. The van der Waals surface area contributed by atoms with Crippen molar-refractivity contribution >= 4 is 11.6 Å². The lowest BCUT2D eigenvalue weighted by Crippen LogP contribution is -2.36. The number of aromatic nitrogens is 2. The van der Waals surface area contributed by atoms with Crippen molar-refractivity contribution in [2.24, 2.45) is 7.05 Å². The number of nitrogens with zero attached hydrogens (tertiary/aromatic N) is 3. The first-order chi connectivity index (χ1) is 7.45. The van der Waals surface area contributed by atoms with Crippen molar-refractivity contribution in [1.29, 1.82) is 0 Å². The Kier molecular flexibility index (Phi) is 3.86. The molecule has 4 N–H and O–H groups in total. The molecule has 1 amide bonds. The summed E-state index contributed by atoms with van der Waals surface area (Å²) in [6.45, 7) is -0.360. The zero-order valence-corrected chi connectivity index (χ0v) is 9.29. The van der Waals surface area contributed by atoms with Crippen LogP contribution in [0.1, 0.15) is 10.5 Å². The lowest BCUT2D eigenvalue weighted by atomic mass is 10.3. The summed E-state index contributed by atoms with van der Waals surface area (Å²) in [5.74, 6) is -0.384. The van der Waals surface area contributed by atoms with Crippen LogP contribution >= 0.6 is 0 Å². The Labute approximate surface area is 93.1 Å². The van der Waals surface area contributed by atoms with Gasteiger partial charge in [0.2, 0.25) is 0 Å². The minimum atomic E-state index is -0.959. The van der Waals surface area contributed by atoms with Gasteiger partial charge in [-0.15, -0.1) is 0 Å². The summed E-state index contributed by atoms with van der Waals surface area (Å²) >= 11 is 0. The molecule has 0 radical (unpaired) electrons. The molecule has 16 heavy (non-hydrogen) atoms. The van der Waals surface area contributed by atoms with Gasteiger partial charge in [0.25, 0.3) is 5.91 Å². The second-order valence-corrected chi connectivity index (χ2v) is 3.63. The van der Waals surface area contributed by atoms with E-state index in [1.807, 2.05) is 0 Å². The molecular formula is C9H16N4O3. The second-order valence-electron chi connectivity index (χ2n) is 3.63. The highest BCUT2D eigenvalue weighted by Gasteiger charge is 2.20. The minimum Gasteiger partial charge on any atom is -0.396 e. The van der Waals surface area contributed by atoms with E-state index in [0.717, 1.165) is 0 Å². The Bertz CT molecular complexity index is 377. The average molecular weight is 228 g/mol. The number of carbonyl (C=O) groups excluding carboxylic acids is 1. The van der Waals surface area contributed by atoms with Crippen LogP contribution in [0.4, 0.5) is 5.69 Å². The number of likely N-dealkylation sites (N-methyl/N-ethyl adjacent to an activating group) is 1. The molecule has 0 bridgehead atoms. The molecular weight excluding hydrogens is 212 g/mol. The number of anilines is 1. The molecule has 0 saturated heterocycles.